The first-order valence-corrected chi connectivity index (χ1v) is 7.13. The Bertz CT molecular complexity index is 236. The Balaban J connectivity index is 1.86. The topological polar surface area (TPSA) is 24.5 Å². The van der Waals surface area contributed by atoms with E-state index in [9.17, 15) is 0 Å². The summed E-state index contributed by atoms with van der Waals surface area (Å²) in [6.45, 7) is 9.30. The van der Waals surface area contributed by atoms with Crippen molar-refractivity contribution in [1.29, 1.82) is 0 Å². The van der Waals surface area contributed by atoms with E-state index in [4.69, 9.17) is 4.74 Å². The van der Waals surface area contributed by atoms with Crippen LogP contribution in [0.25, 0.3) is 0 Å². The molecule has 1 N–H and O–H groups in total. The van der Waals surface area contributed by atoms with Gasteiger partial charge in [-0.15, -0.1) is 0 Å². The lowest BCUT2D eigenvalue weighted by molar-refractivity contribution is -0.00225. The molecule has 2 aliphatic heterocycles. The Kier molecular flexibility index (Phi) is 4.45. The van der Waals surface area contributed by atoms with Crippen molar-refractivity contribution in [3.8, 4) is 0 Å². The van der Waals surface area contributed by atoms with E-state index in [2.05, 4.69) is 31.1 Å². The van der Waals surface area contributed by atoms with Crippen LogP contribution in [0.2, 0.25) is 0 Å². The fourth-order valence-corrected chi connectivity index (χ4v) is 3.41. The number of rotatable bonds is 4. The van der Waals surface area contributed by atoms with Crippen LogP contribution in [0.3, 0.4) is 0 Å². The highest BCUT2D eigenvalue weighted by atomic mass is 16.5. The molecule has 2 rings (SSSR count). The van der Waals surface area contributed by atoms with E-state index >= 15 is 0 Å². The predicted molar refractivity (Wildman–Crippen MR) is 71.3 cm³/mol. The van der Waals surface area contributed by atoms with Crippen molar-refractivity contribution < 1.29 is 4.74 Å². The molecule has 0 bridgehead atoms. The number of likely N-dealkylation sites (tertiary alicyclic amines) is 1. The Labute approximate surface area is 106 Å². The lowest BCUT2D eigenvalue weighted by Gasteiger charge is -2.46. The summed E-state index contributed by atoms with van der Waals surface area (Å²) in [7, 11) is 2.06. The Morgan fingerprint density at radius 3 is 2.76 bits per heavy atom. The molecule has 0 aromatic rings. The molecule has 17 heavy (non-hydrogen) atoms. The van der Waals surface area contributed by atoms with Crippen molar-refractivity contribution in [2.45, 2.75) is 51.2 Å². The molecule has 2 atom stereocenters. The average molecular weight is 240 g/mol. The molecule has 0 saturated carbocycles. The predicted octanol–water partition coefficient (Wildman–Crippen LogP) is 1.88. The van der Waals surface area contributed by atoms with Crippen molar-refractivity contribution in [3.63, 3.8) is 0 Å². The van der Waals surface area contributed by atoms with E-state index in [-0.39, 0.29) is 0 Å². The molecule has 2 saturated heterocycles. The summed E-state index contributed by atoms with van der Waals surface area (Å²) in [5, 5.41) is 3.32. The third-order valence-electron chi connectivity index (χ3n) is 4.39. The third-order valence-corrected chi connectivity index (χ3v) is 4.39. The Morgan fingerprint density at radius 2 is 2.18 bits per heavy atom. The number of nitrogens with zero attached hydrogens (tertiary/aromatic N) is 1. The minimum absolute atomic E-state index is 0.339. The maximum absolute atomic E-state index is 5.77. The minimum Gasteiger partial charge on any atom is -0.377 e. The molecule has 2 aliphatic rings. The van der Waals surface area contributed by atoms with Gasteiger partial charge >= 0.3 is 0 Å². The summed E-state index contributed by atoms with van der Waals surface area (Å²) < 4.78 is 5.77. The van der Waals surface area contributed by atoms with Gasteiger partial charge in [0.05, 0.1) is 6.10 Å². The zero-order chi connectivity index (χ0) is 12.3. The van der Waals surface area contributed by atoms with Gasteiger partial charge in [-0.25, -0.2) is 0 Å². The molecular formula is C14H28N2O. The van der Waals surface area contributed by atoms with Gasteiger partial charge in [0.25, 0.3) is 0 Å². The molecule has 100 valence electrons. The lowest BCUT2D eigenvalue weighted by Crippen LogP contribution is -2.53. The van der Waals surface area contributed by atoms with Gasteiger partial charge < -0.3 is 10.1 Å². The van der Waals surface area contributed by atoms with E-state index in [0.717, 1.165) is 25.6 Å². The van der Waals surface area contributed by atoms with E-state index in [1.807, 2.05) is 0 Å². The quantitative estimate of drug-likeness (QED) is 0.812. The van der Waals surface area contributed by atoms with Crippen molar-refractivity contribution in [2.24, 2.45) is 5.92 Å². The molecule has 3 nitrogen and oxygen atoms in total. The van der Waals surface area contributed by atoms with Crippen LogP contribution in [-0.4, -0.2) is 49.8 Å². The van der Waals surface area contributed by atoms with Crippen LogP contribution >= 0.6 is 0 Å². The number of nitrogens with one attached hydrogen (secondary N) is 1. The van der Waals surface area contributed by atoms with E-state index in [1.54, 1.807) is 0 Å². The largest absolute Gasteiger partial charge is 0.377 e. The summed E-state index contributed by atoms with van der Waals surface area (Å²) >= 11 is 0. The van der Waals surface area contributed by atoms with Crippen LogP contribution in [0.15, 0.2) is 0 Å². The molecule has 2 heterocycles. The maximum atomic E-state index is 5.77. The van der Waals surface area contributed by atoms with Crippen LogP contribution in [-0.2, 0) is 4.74 Å². The molecule has 0 aromatic carbocycles. The molecule has 0 spiro atoms. The van der Waals surface area contributed by atoms with E-state index in [0.29, 0.717) is 11.6 Å². The second kappa shape index (κ2) is 5.68. The van der Waals surface area contributed by atoms with Gasteiger partial charge in [0.2, 0.25) is 0 Å². The summed E-state index contributed by atoms with van der Waals surface area (Å²) in [5.74, 6) is 0.843. The molecule has 0 aliphatic carbocycles. The average Bonchev–Trinajstić information content (AvgIpc) is 2.74. The zero-order valence-electron chi connectivity index (χ0n) is 11.7. The first kappa shape index (κ1) is 13.3. The first-order valence-electron chi connectivity index (χ1n) is 7.13. The van der Waals surface area contributed by atoms with E-state index in [1.165, 1.54) is 32.2 Å². The highest BCUT2D eigenvalue weighted by molar-refractivity contribution is 4.91. The summed E-state index contributed by atoms with van der Waals surface area (Å²) in [5.41, 5.74) is 0.339. The van der Waals surface area contributed by atoms with Crippen molar-refractivity contribution >= 4 is 0 Å². The molecular weight excluding hydrogens is 212 g/mol. The SMILES string of the molecule is CNCC1CCN(CC2CCCO2)C(C)(C)C1. The molecule has 0 amide bonds. The zero-order valence-corrected chi connectivity index (χ0v) is 11.7. The van der Waals surface area contributed by atoms with Crippen LogP contribution in [0.1, 0.15) is 39.5 Å². The highest BCUT2D eigenvalue weighted by Gasteiger charge is 2.35. The molecule has 0 aromatic heterocycles. The standard InChI is InChI=1S/C14H28N2O/c1-14(2)9-12(10-15-3)6-7-16(14)11-13-5-4-8-17-13/h12-13,15H,4-11H2,1-3H3. The number of ether oxygens (including phenoxy) is 1. The van der Waals surface area contributed by atoms with Crippen LogP contribution in [0.4, 0.5) is 0 Å². The van der Waals surface area contributed by atoms with Gasteiger partial charge in [0.15, 0.2) is 0 Å². The Hall–Kier alpha value is -0.120. The summed E-state index contributed by atoms with van der Waals surface area (Å²) in [6.07, 6.45) is 5.64. The maximum Gasteiger partial charge on any atom is 0.0703 e. The fourth-order valence-electron chi connectivity index (χ4n) is 3.41. The van der Waals surface area contributed by atoms with Crippen molar-refractivity contribution in [2.75, 3.05) is 33.3 Å². The van der Waals surface area contributed by atoms with Gasteiger partial charge in [-0.3, -0.25) is 4.90 Å². The normalized spacial score (nSPS) is 34.1. The highest BCUT2D eigenvalue weighted by Crippen LogP contribution is 2.32. The fraction of sp³-hybridized carbons (Fsp3) is 1.00. The monoisotopic (exact) mass is 240 g/mol. The second-order valence-electron chi connectivity index (χ2n) is 6.31. The van der Waals surface area contributed by atoms with Crippen LogP contribution in [0, 0.1) is 5.92 Å². The summed E-state index contributed by atoms with van der Waals surface area (Å²) in [6, 6.07) is 0. The van der Waals surface area contributed by atoms with Gasteiger partial charge in [0, 0.05) is 18.7 Å². The number of hydrogen-bond donors (Lipinski definition) is 1. The van der Waals surface area contributed by atoms with Gasteiger partial charge in [-0.05, 0) is 65.6 Å². The van der Waals surface area contributed by atoms with Crippen LogP contribution < -0.4 is 5.32 Å². The molecule has 2 unspecified atom stereocenters. The second-order valence-corrected chi connectivity index (χ2v) is 6.31. The third kappa shape index (κ3) is 3.43. The molecule has 2 fully saturated rings. The Morgan fingerprint density at radius 1 is 1.35 bits per heavy atom. The lowest BCUT2D eigenvalue weighted by atomic mass is 9.82. The number of piperidine rings is 1. The van der Waals surface area contributed by atoms with E-state index < -0.39 is 0 Å². The number of hydrogen-bond acceptors (Lipinski definition) is 3. The minimum atomic E-state index is 0.339. The van der Waals surface area contributed by atoms with Gasteiger partial charge in [0.1, 0.15) is 0 Å². The molecule has 3 heteroatoms. The molecule has 0 radical (unpaired) electrons. The van der Waals surface area contributed by atoms with Crippen molar-refractivity contribution in [3.05, 3.63) is 0 Å². The summed E-state index contributed by atoms with van der Waals surface area (Å²) in [4.78, 5) is 2.65. The first-order chi connectivity index (χ1) is 8.12. The van der Waals surface area contributed by atoms with Crippen molar-refractivity contribution in [1.82, 2.24) is 10.2 Å². The van der Waals surface area contributed by atoms with Crippen LogP contribution in [0.5, 0.6) is 0 Å². The smallest absolute Gasteiger partial charge is 0.0703 e. The van der Waals surface area contributed by atoms with Gasteiger partial charge in [-0.1, -0.05) is 0 Å². The van der Waals surface area contributed by atoms with Gasteiger partial charge in [-0.2, -0.15) is 0 Å².